The van der Waals surface area contributed by atoms with Gasteiger partial charge in [0.1, 0.15) is 5.58 Å². The van der Waals surface area contributed by atoms with Gasteiger partial charge in [0.25, 0.3) is 0 Å². The summed E-state index contributed by atoms with van der Waals surface area (Å²) in [4.78, 5) is 14.1. The van der Waals surface area contributed by atoms with Crippen molar-refractivity contribution in [2.45, 2.75) is 86.3 Å². The number of imidazole rings is 1. The Morgan fingerprint density at radius 1 is 0.770 bits per heavy atom. The normalized spacial score (nSPS) is 13.6. The molecule has 0 spiro atoms. The van der Waals surface area contributed by atoms with Gasteiger partial charge in [-0.2, -0.15) is 0 Å². The van der Waals surface area contributed by atoms with E-state index in [4.69, 9.17) is 22.6 Å². The molecule has 0 aliphatic rings. The number of halogens is 1. The first-order valence-corrected chi connectivity index (χ1v) is 20.3. The molecule has 0 fully saturated rings. The van der Waals surface area contributed by atoms with Gasteiger partial charge in [0.05, 0.1) is 16.9 Å². The van der Waals surface area contributed by atoms with Crippen LogP contribution in [0.1, 0.15) is 102 Å². The second-order valence-corrected chi connectivity index (χ2v) is 16.9. The van der Waals surface area contributed by atoms with Crippen LogP contribution in [0.15, 0.2) is 120 Å². The molecule has 0 aliphatic carbocycles. The van der Waals surface area contributed by atoms with E-state index in [0.29, 0.717) is 34.3 Å². The number of hydrogen-bond acceptors (Lipinski definition) is 4. The van der Waals surface area contributed by atoms with E-state index >= 15 is 0 Å². The predicted octanol–water partition coefficient (Wildman–Crippen LogP) is 14.6. The van der Waals surface area contributed by atoms with Crippen LogP contribution in [0.2, 0.25) is 0 Å². The Bertz CT molecular complexity index is 3210. The molecule has 5 nitrogen and oxygen atoms in total. The number of aromatic nitrogens is 4. The number of furan rings is 1. The quantitative estimate of drug-likeness (QED) is 0.156. The van der Waals surface area contributed by atoms with Crippen LogP contribution in [-0.2, 0) is 25.5 Å². The van der Waals surface area contributed by atoms with Crippen molar-refractivity contribution in [2.24, 2.45) is 0 Å². The topological polar surface area (TPSA) is 56.7 Å². The van der Waals surface area contributed by atoms with Crippen molar-refractivity contribution >= 4 is 33.1 Å². The largest absolute Gasteiger partial charge is 0.501 e. The number of para-hydroxylation sites is 1. The van der Waals surface area contributed by atoms with Gasteiger partial charge in [0, 0.05) is 57.6 Å². The minimum absolute atomic E-state index is 0. The first kappa shape index (κ1) is 36.0. The van der Waals surface area contributed by atoms with Crippen molar-refractivity contribution in [1.29, 1.82) is 0 Å². The molecule has 0 bridgehead atoms. The monoisotopic (exact) mass is 989 g/mol. The fourth-order valence-corrected chi connectivity index (χ4v) is 7.71. The van der Waals surface area contributed by atoms with E-state index in [0.717, 1.165) is 67.3 Å². The van der Waals surface area contributed by atoms with Crippen LogP contribution in [0.5, 0.6) is 0 Å². The third-order valence-electron chi connectivity index (χ3n) is 11.0. The number of fused-ring (bicyclic) bond motifs is 4. The van der Waals surface area contributed by atoms with Gasteiger partial charge < -0.3 is 14.0 Å². The molecule has 0 unspecified atom stereocenters. The molecule has 4 heterocycles. The second-order valence-electron chi connectivity index (χ2n) is 16.9. The van der Waals surface area contributed by atoms with Crippen molar-refractivity contribution in [3.05, 3.63) is 167 Å². The standard InChI is InChI=1S/C38H34N3O.C16H17FN.Ir/c1-22(2)28-9-7-10-29(23(3)4)35(28)41-34-25(6)19-20-39-37(34)40-38(41)32-12-8-11-31-30-18-17-27(21-33(30)42-36(31)32)26-15-13-24(5)14-16-26;1-11-5-7-13(14(17)9-11)15-8-6-12(10-18-15)16(2,3)4;/h7-11,13-23H,1-6H3;5-6,8-10H,1-4H3;/q2*-1;/i5D3;1D3;. The maximum atomic E-state index is 14.1. The molecular formula is C54H51FIrN4O-2. The number of rotatable bonds is 6. The van der Waals surface area contributed by atoms with E-state index in [1.54, 1.807) is 24.4 Å². The second kappa shape index (κ2) is 17.3. The fraction of sp³-hybridized carbons (Fsp3) is 0.241. The predicted molar refractivity (Wildman–Crippen MR) is 245 cm³/mol. The summed E-state index contributed by atoms with van der Waals surface area (Å²) in [5, 5.41) is 1.97. The van der Waals surface area contributed by atoms with Gasteiger partial charge in [-0.3, -0.25) is 9.37 Å². The summed E-state index contributed by atoms with van der Waals surface area (Å²) in [7, 11) is 0. The van der Waals surface area contributed by atoms with Crippen LogP contribution in [0.4, 0.5) is 4.39 Å². The Kier molecular flexibility index (Phi) is 10.2. The number of hydrogen-bond donors (Lipinski definition) is 0. The molecule has 0 aliphatic heterocycles. The zero-order valence-electron chi connectivity index (χ0n) is 41.5. The summed E-state index contributed by atoms with van der Waals surface area (Å²) in [5.74, 6) is 0.699. The van der Waals surface area contributed by atoms with Crippen molar-refractivity contribution in [3.63, 3.8) is 0 Å². The third-order valence-corrected chi connectivity index (χ3v) is 11.0. The summed E-state index contributed by atoms with van der Waals surface area (Å²) in [6.45, 7) is 12.8. The Morgan fingerprint density at radius 3 is 2.13 bits per heavy atom. The summed E-state index contributed by atoms with van der Waals surface area (Å²) >= 11 is 0. The summed E-state index contributed by atoms with van der Waals surface area (Å²) in [6.07, 6.45) is 3.52. The third kappa shape index (κ3) is 8.47. The SMILES string of the molecule is [2H]C([2H])([2H])c1c[c-]c(-c2ccc(C(C)(C)C)cn2)c(F)c1.[2H]C([2H])([2H])c1ccc(-c2ccc3c(c2)oc2c(-c4nc5nccc(C)c5n4-c4c(C(C)C)cccc4C(C)C)[c-]ccc23)cc1.[Ir]. The maximum Gasteiger partial charge on any atom is 0.168 e. The van der Waals surface area contributed by atoms with E-state index < -0.39 is 19.5 Å². The number of nitrogens with zero attached hydrogens (tertiary/aromatic N) is 4. The first-order valence-electron chi connectivity index (χ1n) is 23.3. The Morgan fingerprint density at radius 2 is 1.49 bits per heavy atom. The summed E-state index contributed by atoms with van der Waals surface area (Å²) < 4.78 is 67.9. The molecule has 4 aromatic heterocycles. The number of aryl methyl sites for hydroxylation is 3. The number of pyridine rings is 2. The summed E-state index contributed by atoms with van der Waals surface area (Å²) in [6, 6.07) is 37.9. The van der Waals surface area contributed by atoms with E-state index in [2.05, 4.69) is 101 Å². The van der Waals surface area contributed by atoms with Gasteiger partial charge in [-0.25, -0.2) is 4.98 Å². The minimum Gasteiger partial charge on any atom is -0.501 e. The molecule has 9 rings (SSSR count). The molecule has 5 aromatic carbocycles. The molecule has 0 amide bonds. The molecule has 9 aromatic rings. The molecule has 0 saturated heterocycles. The molecule has 0 atom stereocenters. The summed E-state index contributed by atoms with van der Waals surface area (Å²) in [5.41, 5.74) is 12.4. The average molecular weight is 989 g/mol. The molecule has 0 N–H and O–H groups in total. The van der Waals surface area contributed by atoms with E-state index in [-0.39, 0.29) is 36.6 Å². The molecule has 311 valence electrons. The maximum absolute atomic E-state index is 14.1. The molecule has 1 radical (unpaired) electrons. The van der Waals surface area contributed by atoms with Crippen LogP contribution in [0.25, 0.3) is 72.6 Å². The van der Waals surface area contributed by atoms with Crippen molar-refractivity contribution < 1.29 is 37.1 Å². The van der Waals surface area contributed by atoms with Crippen molar-refractivity contribution in [2.75, 3.05) is 0 Å². The van der Waals surface area contributed by atoms with Gasteiger partial charge in [-0.1, -0.05) is 144 Å². The molecule has 0 saturated carbocycles. The van der Waals surface area contributed by atoms with Crippen molar-refractivity contribution in [1.82, 2.24) is 19.5 Å². The van der Waals surface area contributed by atoms with Crippen LogP contribution in [-0.4, -0.2) is 19.5 Å². The van der Waals surface area contributed by atoms with E-state index in [1.165, 1.54) is 17.2 Å². The fourth-order valence-electron chi connectivity index (χ4n) is 7.71. The van der Waals surface area contributed by atoms with Crippen LogP contribution < -0.4 is 0 Å². The first-order chi connectivity index (χ1) is 31.1. The van der Waals surface area contributed by atoms with Gasteiger partial charge in [-0.05, 0) is 82.2 Å². The molecule has 7 heteroatoms. The smallest absolute Gasteiger partial charge is 0.168 e. The Hall–Kier alpha value is -5.75. The number of benzene rings is 5. The van der Waals surface area contributed by atoms with Crippen LogP contribution >= 0.6 is 0 Å². The zero-order chi connectivity index (χ0) is 47.5. The molecule has 61 heavy (non-hydrogen) atoms. The van der Waals surface area contributed by atoms with Crippen LogP contribution in [0.3, 0.4) is 0 Å². The molecular weight excluding hydrogens is 932 g/mol. The van der Waals surface area contributed by atoms with Gasteiger partial charge in [-0.15, -0.1) is 42.0 Å². The van der Waals surface area contributed by atoms with Crippen LogP contribution in [0, 0.1) is 38.6 Å². The van der Waals surface area contributed by atoms with E-state index in [1.807, 2.05) is 54.7 Å². The Labute approximate surface area is 380 Å². The van der Waals surface area contributed by atoms with Gasteiger partial charge in [0.15, 0.2) is 5.65 Å². The van der Waals surface area contributed by atoms with Crippen molar-refractivity contribution in [3.8, 4) is 39.5 Å². The van der Waals surface area contributed by atoms with E-state index in [9.17, 15) is 4.39 Å². The van der Waals surface area contributed by atoms with Gasteiger partial charge >= 0.3 is 0 Å². The average Bonchev–Trinajstić information content (AvgIpc) is 3.85. The van der Waals surface area contributed by atoms with Gasteiger partial charge in [0.2, 0.25) is 0 Å². The Balaban J connectivity index is 0.000000255. The zero-order valence-corrected chi connectivity index (χ0v) is 37.9. The minimum atomic E-state index is -2.33.